The Morgan fingerprint density at radius 2 is 2.12 bits per heavy atom. The summed E-state index contributed by atoms with van der Waals surface area (Å²) in [5, 5.41) is 11.1. The quantitative estimate of drug-likeness (QED) is 0.646. The Morgan fingerprint density at radius 1 is 1.32 bits per heavy atom. The lowest BCUT2D eigenvalue weighted by Gasteiger charge is -2.14. The first kappa shape index (κ1) is 17.4. The third-order valence-electron chi connectivity index (χ3n) is 3.48. The van der Waals surface area contributed by atoms with Gasteiger partial charge in [0.15, 0.2) is 5.82 Å². The monoisotopic (exact) mass is 373 g/mol. The minimum absolute atomic E-state index is 0.0901. The number of thioether (sulfide) groups is 1. The molecule has 0 aliphatic heterocycles. The number of hydrogen-bond donors (Lipinski definition) is 2. The Hall–Kier alpha value is -2.38. The van der Waals surface area contributed by atoms with Gasteiger partial charge in [0.1, 0.15) is 0 Å². The molecule has 2 heterocycles. The summed E-state index contributed by atoms with van der Waals surface area (Å²) in [6.45, 7) is 1.92. The normalized spacial score (nSPS) is 11.9. The van der Waals surface area contributed by atoms with Crippen LogP contribution in [-0.4, -0.2) is 31.8 Å². The lowest BCUT2D eigenvalue weighted by molar-refractivity contribution is -0.119. The van der Waals surface area contributed by atoms with Crippen LogP contribution >= 0.6 is 23.4 Å². The van der Waals surface area contributed by atoms with Crippen molar-refractivity contribution in [1.29, 1.82) is 0 Å². The number of nitrogens with one attached hydrogen (secondary N) is 2. The molecule has 0 aliphatic rings. The summed E-state index contributed by atoms with van der Waals surface area (Å²) >= 11 is 7.26. The summed E-state index contributed by atoms with van der Waals surface area (Å²) < 4.78 is 0. The zero-order valence-electron chi connectivity index (χ0n) is 13.4. The molecular formula is C17H16ClN5OS. The van der Waals surface area contributed by atoms with Crippen LogP contribution < -0.4 is 5.32 Å². The van der Waals surface area contributed by atoms with E-state index in [2.05, 4.69) is 25.5 Å². The number of carbonyl (C=O) groups excluding carboxylic acids is 1. The second-order valence-corrected chi connectivity index (χ2v) is 6.71. The topological polar surface area (TPSA) is 83.6 Å². The molecule has 1 amide bonds. The van der Waals surface area contributed by atoms with Crippen molar-refractivity contribution >= 4 is 29.3 Å². The Bertz CT molecular complexity index is 855. The van der Waals surface area contributed by atoms with E-state index in [9.17, 15) is 4.79 Å². The van der Waals surface area contributed by atoms with Crippen LogP contribution in [-0.2, 0) is 4.79 Å². The van der Waals surface area contributed by atoms with Crippen LogP contribution in [0, 0.1) is 0 Å². The lowest BCUT2D eigenvalue weighted by atomic mass is 10.1. The molecule has 2 N–H and O–H groups in total. The first-order valence-corrected chi connectivity index (χ1v) is 8.98. The lowest BCUT2D eigenvalue weighted by Crippen LogP contribution is -2.28. The number of nitrogens with zero attached hydrogens (tertiary/aromatic N) is 3. The molecule has 6 nitrogen and oxygen atoms in total. The molecule has 0 unspecified atom stereocenters. The number of hydrogen-bond acceptors (Lipinski definition) is 5. The van der Waals surface area contributed by atoms with E-state index in [1.807, 2.05) is 37.3 Å². The Kier molecular flexibility index (Phi) is 5.67. The van der Waals surface area contributed by atoms with Crippen LogP contribution in [0.2, 0.25) is 5.02 Å². The third-order valence-corrected chi connectivity index (χ3v) is 4.56. The van der Waals surface area contributed by atoms with E-state index in [1.165, 1.54) is 11.8 Å². The van der Waals surface area contributed by atoms with Gasteiger partial charge >= 0.3 is 0 Å². The largest absolute Gasteiger partial charge is 0.349 e. The van der Waals surface area contributed by atoms with Crippen molar-refractivity contribution in [2.45, 2.75) is 18.1 Å². The molecule has 0 spiro atoms. The maximum absolute atomic E-state index is 12.1. The summed E-state index contributed by atoms with van der Waals surface area (Å²) in [5.41, 5.74) is 1.86. The number of pyridine rings is 1. The zero-order valence-corrected chi connectivity index (χ0v) is 15.0. The van der Waals surface area contributed by atoms with Gasteiger partial charge in [-0.05, 0) is 36.8 Å². The number of rotatable bonds is 6. The number of aromatic nitrogens is 4. The molecular weight excluding hydrogens is 358 g/mol. The summed E-state index contributed by atoms with van der Waals surface area (Å²) in [5.74, 6) is 0.795. The van der Waals surface area contributed by atoms with E-state index >= 15 is 0 Å². The molecule has 3 rings (SSSR count). The van der Waals surface area contributed by atoms with Gasteiger partial charge in [-0.15, -0.1) is 5.10 Å². The van der Waals surface area contributed by atoms with E-state index in [1.54, 1.807) is 18.5 Å². The van der Waals surface area contributed by atoms with E-state index in [0.717, 1.165) is 11.1 Å². The minimum atomic E-state index is -0.119. The average molecular weight is 374 g/mol. The summed E-state index contributed by atoms with van der Waals surface area (Å²) in [6, 6.07) is 11.0. The van der Waals surface area contributed by atoms with Crippen molar-refractivity contribution in [3.05, 3.63) is 59.4 Å². The second kappa shape index (κ2) is 8.13. The predicted molar refractivity (Wildman–Crippen MR) is 98.3 cm³/mol. The average Bonchev–Trinajstić information content (AvgIpc) is 3.10. The van der Waals surface area contributed by atoms with Crippen molar-refractivity contribution in [3.8, 4) is 11.4 Å². The number of halogens is 1. The molecule has 0 radical (unpaired) electrons. The Labute approximate surface area is 154 Å². The van der Waals surface area contributed by atoms with Gasteiger partial charge in [0, 0.05) is 23.0 Å². The van der Waals surface area contributed by atoms with E-state index < -0.39 is 0 Å². The van der Waals surface area contributed by atoms with E-state index in [4.69, 9.17) is 11.6 Å². The fourth-order valence-electron chi connectivity index (χ4n) is 2.22. The van der Waals surface area contributed by atoms with Crippen molar-refractivity contribution in [2.24, 2.45) is 0 Å². The smallest absolute Gasteiger partial charge is 0.230 e. The summed E-state index contributed by atoms with van der Waals surface area (Å²) in [6.07, 6.45) is 3.38. The van der Waals surface area contributed by atoms with Gasteiger partial charge in [-0.25, -0.2) is 4.98 Å². The fraction of sp³-hybridized carbons (Fsp3) is 0.176. The van der Waals surface area contributed by atoms with Gasteiger partial charge in [-0.1, -0.05) is 35.5 Å². The van der Waals surface area contributed by atoms with Gasteiger partial charge in [0.2, 0.25) is 11.1 Å². The Morgan fingerprint density at radius 3 is 2.88 bits per heavy atom. The van der Waals surface area contributed by atoms with Crippen LogP contribution in [0.25, 0.3) is 11.4 Å². The van der Waals surface area contributed by atoms with Crippen molar-refractivity contribution in [1.82, 2.24) is 25.5 Å². The molecule has 0 saturated heterocycles. The molecule has 1 aromatic carbocycles. The van der Waals surface area contributed by atoms with Gasteiger partial charge in [-0.3, -0.25) is 14.9 Å². The number of benzene rings is 1. The van der Waals surface area contributed by atoms with Crippen LogP contribution in [0.15, 0.2) is 53.9 Å². The van der Waals surface area contributed by atoms with Crippen LogP contribution in [0.1, 0.15) is 18.5 Å². The first-order chi connectivity index (χ1) is 12.1. The van der Waals surface area contributed by atoms with Gasteiger partial charge in [0.05, 0.1) is 11.8 Å². The van der Waals surface area contributed by atoms with Crippen LogP contribution in [0.5, 0.6) is 0 Å². The number of carbonyl (C=O) groups is 1. The van der Waals surface area contributed by atoms with Crippen LogP contribution in [0.3, 0.4) is 0 Å². The van der Waals surface area contributed by atoms with Gasteiger partial charge in [0.25, 0.3) is 0 Å². The third kappa shape index (κ3) is 4.80. The van der Waals surface area contributed by atoms with Crippen LogP contribution in [0.4, 0.5) is 0 Å². The molecule has 0 fully saturated rings. The first-order valence-electron chi connectivity index (χ1n) is 7.62. The molecule has 128 valence electrons. The molecule has 3 aromatic rings. The minimum Gasteiger partial charge on any atom is -0.349 e. The SMILES string of the molecule is C[C@@H](NC(=O)CSc1n[nH]c(-c2ccncc2)n1)c1cccc(Cl)c1. The highest BCUT2D eigenvalue weighted by Crippen LogP contribution is 2.20. The van der Waals surface area contributed by atoms with Gasteiger partial charge < -0.3 is 5.32 Å². The summed E-state index contributed by atoms with van der Waals surface area (Å²) in [4.78, 5) is 20.5. The fourth-order valence-corrected chi connectivity index (χ4v) is 3.03. The molecule has 2 aromatic heterocycles. The van der Waals surface area contributed by atoms with Crippen molar-refractivity contribution in [3.63, 3.8) is 0 Å². The Balaban J connectivity index is 1.53. The highest BCUT2D eigenvalue weighted by atomic mass is 35.5. The molecule has 0 saturated carbocycles. The van der Waals surface area contributed by atoms with E-state index in [0.29, 0.717) is 16.0 Å². The second-order valence-electron chi connectivity index (χ2n) is 5.34. The van der Waals surface area contributed by atoms with E-state index in [-0.39, 0.29) is 17.7 Å². The maximum Gasteiger partial charge on any atom is 0.230 e. The maximum atomic E-state index is 12.1. The number of amides is 1. The van der Waals surface area contributed by atoms with Crippen molar-refractivity contribution < 1.29 is 4.79 Å². The molecule has 8 heteroatoms. The summed E-state index contributed by atoms with van der Waals surface area (Å²) in [7, 11) is 0. The molecule has 25 heavy (non-hydrogen) atoms. The van der Waals surface area contributed by atoms with Crippen molar-refractivity contribution in [2.75, 3.05) is 5.75 Å². The highest BCUT2D eigenvalue weighted by Gasteiger charge is 2.12. The highest BCUT2D eigenvalue weighted by molar-refractivity contribution is 7.99. The standard InChI is InChI=1S/C17H16ClN5OS/c1-11(13-3-2-4-14(18)9-13)20-15(24)10-25-17-21-16(22-23-17)12-5-7-19-8-6-12/h2-9,11H,10H2,1H3,(H,20,24)(H,21,22,23)/t11-/m1/s1. The predicted octanol–water partition coefficient (Wildman–Crippen LogP) is 3.49. The number of H-pyrrole nitrogens is 1. The molecule has 1 atom stereocenters. The molecule has 0 aliphatic carbocycles. The van der Waals surface area contributed by atoms with Gasteiger partial charge in [-0.2, -0.15) is 0 Å². The zero-order chi connectivity index (χ0) is 17.6. The number of aromatic amines is 1. The molecule has 0 bridgehead atoms.